The number of fused-ring (bicyclic) bond motifs is 1. The lowest BCUT2D eigenvalue weighted by molar-refractivity contribution is 0.316. The second kappa shape index (κ2) is 9.22. The number of hydrogen-bond acceptors (Lipinski definition) is 3. The van der Waals surface area contributed by atoms with Crippen molar-refractivity contribution < 1.29 is 8.42 Å². The van der Waals surface area contributed by atoms with Crippen LogP contribution in [0.3, 0.4) is 0 Å². The van der Waals surface area contributed by atoms with Gasteiger partial charge in [0, 0.05) is 31.4 Å². The Morgan fingerprint density at radius 2 is 1.52 bits per heavy atom. The zero-order valence-corrected chi connectivity index (χ0v) is 21.6. The summed E-state index contributed by atoms with van der Waals surface area (Å²) in [6.45, 7) is 13.8. The van der Waals surface area contributed by atoms with Crippen LogP contribution in [0.25, 0.3) is 5.65 Å². The van der Waals surface area contributed by atoms with Crippen LogP contribution in [0.4, 0.5) is 0 Å². The van der Waals surface area contributed by atoms with Gasteiger partial charge in [0.1, 0.15) is 5.65 Å². The molecule has 3 heterocycles. The third kappa shape index (κ3) is 4.60. The quantitative estimate of drug-likeness (QED) is 0.429. The summed E-state index contributed by atoms with van der Waals surface area (Å²) in [7, 11) is -3.58. The van der Waals surface area contributed by atoms with Crippen LogP contribution in [-0.2, 0) is 10.0 Å². The van der Waals surface area contributed by atoms with Crippen molar-refractivity contribution in [1.82, 2.24) is 13.7 Å². The Balaban J connectivity index is 1.65. The summed E-state index contributed by atoms with van der Waals surface area (Å²) >= 11 is 0. The van der Waals surface area contributed by atoms with Crippen LogP contribution >= 0.6 is 0 Å². The summed E-state index contributed by atoms with van der Waals surface area (Å²) < 4.78 is 31.8. The SMILES string of the molecule is CC(C)c1cc(C(C)C)c(S(=O)(=O)N2CCC(c3cn4ccccc4n3)CC2)c(C(C)C)c1. The van der Waals surface area contributed by atoms with E-state index in [0.717, 1.165) is 35.3 Å². The van der Waals surface area contributed by atoms with Gasteiger partial charge in [-0.2, -0.15) is 4.31 Å². The molecule has 1 saturated heterocycles. The molecule has 1 aliphatic heterocycles. The van der Waals surface area contributed by atoms with Crippen LogP contribution < -0.4 is 0 Å². The molecule has 6 heteroatoms. The third-order valence-corrected chi connectivity index (χ3v) is 8.96. The van der Waals surface area contributed by atoms with E-state index in [1.165, 1.54) is 5.56 Å². The minimum Gasteiger partial charge on any atom is -0.307 e. The third-order valence-electron chi connectivity index (χ3n) is 6.93. The van der Waals surface area contributed by atoms with Gasteiger partial charge in [-0.3, -0.25) is 0 Å². The fourth-order valence-corrected chi connectivity index (χ4v) is 6.99. The molecule has 4 rings (SSSR count). The number of imidazole rings is 1. The van der Waals surface area contributed by atoms with Gasteiger partial charge in [0.05, 0.1) is 10.6 Å². The fourth-order valence-electron chi connectivity index (χ4n) is 4.86. The van der Waals surface area contributed by atoms with E-state index in [-0.39, 0.29) is 17.8 Å². The van der Waals surface area contributed by atoms with Crippen molar-refractivity contribution in [1.29, 1.82) is 0 Å². The number of rotatable bonds is 6. The van der Waals surface area contributed by atoms with Crippen molar-refractivity contribution in [2.45, 2.75) is 83.0 Å². The Bertz CT molecular complexity index is 1170. The summed E-state index contributed by atoms with van der Waals surface area (Å²) in [6, 6.07) is 10.2. The molecule has 0 atom stereocenters. The number of benzene rings is 1. The summed E-state index contributed by atoms with van der Waals surface area (Å²) in [4.78, 5) is 5.32. The molecular formula is C27H37N3O2S. The Morgan fingerprint density at radius 3 is 2.03 bits per heavy atom. The largest absolute Gasteiger partial charge is 0.307 e. The molecule has 1 fully saturated rings. The molecule has 33 heavy (non-hydrogen) atoms. The van der Waals surface area contributed by atoms with E-state index in [4.69, 9.17) is 4.98 Å². The van der Waals surface area contributed by atoms with Gasteiger partial charge in [0.25, 0.3) is 0 Å². The van der Waals surface area contributed by atoms with Gasteiger partial charge in [-0.25, -0.2) is 13.4 Å². The lowest BCUT2D eigenvalue weighted by Crippen LogP contribution is -2.39. The van der Waals surface area contributed by atoms with Crippen LogP contribution in [0.5, 0.6) is 0 Å². The minimum atomic E-state index is -3.58. The van der Waals surface area contributed by atoms with E-state index in [2.05, 4.69) is 59.9 Å². The zero-order valence-electron chi connectivity index (χ0n) is 20.7. The lowest BCUT2D eigenvalue weighted by atomic mass is 9.89. The first-order valence-electron chi connectivity index (χ1n) is 12.2. The van der Waals surface area contributed by atoms with Crippen LogP contribution in [0.1, 0.15) is 100 Å². The van der Waals surface area contributed by atoms with Crippen molar-refractivity contribution in [2.24, 2.45) is 0 Å². The first-order chi connectivity index (χ1) is 15.6. The van der Waals surface area contributed by atoms with Crippen LogP contribution in [-0.4, -0.2) is 35.2 Å². The average Bonchev–Trinajstić information content (AvgIpc) is 3.22. The summed E-state index contributed by atoms with van der Waals surface area (Å²) in [5, 5.41) is 0. The molecule has 0 saturated carbocycles. The number of nitrogens with zero attached hydrogens (tertiary/aromatic N) is 3. The van der Waals surface area contributed by atoms with E-state index in [1.807, 2.05) is 28.8 Å². The molecule has 0 N–H and O–H groups in total. The van der Waals surface area contributed by atoms with Crippen molar-refractivity contribution in [2.75, 3.05) is 13.1 Å². The monoisotopic (exact) mass is 467 g/mol. The standard InChI is InChI=1S/C27H37N3O2S/c1-18(2)22-15-23(19(3)4)27(24(16-22)20(5)6)33(31,32)30-13-10-21(11-14-30)25-17-29-12-8-7-9-26(29)28-25/h7-9,12,15-21H,10-11,13-14H2,1-6H3. The first kappa shape index (κ1) is 24.0. The summed E-state index contributed by atoms with van der Waals surface area (Å²) in [6.07, 6.45) is 5.68. The van der Waals surface area contributed by atoms with E-state index < -0.39 is 10.0 Å². The Hall–Kier alpha value is -2.18. The Labute approximate surface area is 198 Å². The lowest BCUT2D eigenvalue weighted by Gasteiger charge is -2.33. The molecule has 178 valence electrons. The number of aromatic nitrogens is 2. The predicted molar refractivity (Wildman–Crippen MR) is 135 cm³/mol. The molecule has 1 aliphatic rings. The number of piperidine rings is 1. The van der Waals surface area contributed by atoms with E-state index in [9.17, 15) is 8.42 Å². The van der Waals surface area contributed by atoms with Crippen LogP contribution in [0, 0.1) is 0 Å². The van der Waals surface area contributed by atoms with E-state index in [1.54, 1.807) is 4.31 Å². The van der Waals surface area contributed by atoms with E-state index in [0.29, 0.717) is 23.9 Å². The second-order valence-corrected chi connectivity index (χ2v) is 12.2. The molecule has 1 aromatic carbocycles. The van der Waals surface area contributed by atoms with Crippen LogP contribution in [0.2, 0.25) is 0 Å². The van der Waals surface area contributed by atoms with E-state index >= 15 is 0 Å². The first-order valence-corrected chi connectivity index (χ1v) is 13.6. The number of pyridine rings is 1. The normalized spacial score (nSPS) is 16.5. The Kier molecular flexibility index (Phi) is 6.70. The molecule has 2 aromatic heterocycles. The molecular weight excluding hydrogens is 430 g/mol. The molecule has 0 bridgehead atoms. The fraction of sp³-hybridized carbons (Fsp3) is 0.519. The minimum absolute atomic E-state index is 0.140. The molecule has 0 aliphatic carbocycles. The van der Waals surface area contributed by atoms with Crippen molar-refractivity contribution in [3.8, 4) is 0 Å². The highest BCUT2D eigenvalue weighted by molar-refractivity contribution is 7.89. The number of sulfonamides is 1. The molecule has 0 amide bonds. The topological polar surface area (TPSA) is 54.7 Å². The molecule has 5 nitrogen and oxygen atoms in total. The van der Waals surface area contributed by atoms with Crippen LogP contribution in [0.15, 0.2) is 47.6 Å². The molecule has 0 radical (unpaired) electrons. The smallest absolute Gasteiger partial charge is 0.243 e. The summed E-state index contributed by atoms with van der Waals surface area (Å²) in [5.41, 5.74) is 5.12. The van der Waals surface area contributed by atoms with Crippen molar-refractivity contribution in [3.63, 3.8) is 0 Å². The van der Waals surface area contributed by atoms with Gasteiger partial charge < -0.3 is 4.40 Å². The summed E-state index contributed by atoms with van der Waals surface area (Å²) in [5.74, 6) is 0.926. The van der Waals surface area contributed by atoms with Gasteiger partial charge in [0.2, 0.25) is 10.0 Å². The maximum absolute atomic E-state index is 14.0. The van der Waals surface area contributed by atoms with Gasteiger partial charge in [0.15, 0.2) is 0 Å². The maximum atomic E-state index is 14.0. The Morgan fingerprint density at radius 1 is 0.909 bits per heavy atom. The highest BCUT2D eigenvalue weighted by Crippen LogP contribution is 2.38. The highest BCUT2D eigenvalue weighted by Gasteiger charge is 2.35. The predicted octanol–water partition coefficient (Wildman–Crippen LogP) is 6.27. The van der Waals surface area contributed by atoms with Crippen molar-refractivity contribution >= 4 is 15.7 Å². The molecule has 0 unspecified atom stereocenters. The van der Waals surface area contributed by atoms with Gasteiger partial charge in [-0.15, -0.1) is 0 Å². The molecule has 0 spiro atoms. The highest BCUT2D eigenvalue weighted by atomic mass is 32.2. The van der Waals surface area contributed by atoms with Crippen molar-refractivity contribution in [3.05, 3.63) is 65.1 Å². The average molecular weight is 468 g/mol. The second-order valence-electron chi connectivity index (χ2n) is 10.3. The zero-order chi connectivity index (χ0) is 23.9. The maximum Gasteiger partial charge on any atom is 0.243 e. The van der Waals surface area contributed by atoms with Gasteiger partial charge >= 0.3 is 0 Å². The molecule has 3 aromatic rings. The van der Waals surface area contributed by atoms with Gasteiger partial charge in [-0.1, -0.05) is 59.7 Å². The van der Waals surface area contributed by atoms with Gasteiger partial charge in [-0.05, 0) is 59.4 Å². The number of hydrogen-bond donors (Lipinski definition) is 0.